The van der Waals surface area contributed by atoms with Crippen LogP contribution in [0.2, 0.25) is 10.0 Å². The minimum atomic E-state index is -2.27. The van der Waals surface area contributed by atoms with Crippen LogP contribution in [0.15, 0.2) is 18.2 Å². The summed E-state index contributed by atoms with van der Waals surface area (Å²) in [4.78, 5) is 19.5. The number of halogens is 2. The van der Waals surface area contributed by atoms with Gasteiger partial charge in [-0.1, -0.05) is 29.3 Å². The number of carboxylic acids is 2. The summed E-state index contributed by atoms with van der Waals surface area (Å²) >= 11 is 12.5. The third-order valence-electron chi connectivity index (χ3n) is 6.21. The number of aliphatic carboxylic acids is 2. The molecule has 32 heavy (non-hydrogen) atoms. The summed E-state index contributed by atoms with van der Waals surface area (Å²) in [6.07, 6.45) is -1.03. The van der Waals surface area contributed by atoms with Gasteiger partial charge in [0.25, 0.3) is 0 Å². The Morgan fingerprint density at radius 3 is 2.16 bits per heavy atom. The largest absolute Gasteiger partial charge is 0.479 e. The maximum atomic E-state index is 9.77. The van der Waals surface area contributed by atoms with Gasteiger partial charge in [-0.25, -0.2) is 9.59 Å². The Kier molecular flexibility index (Phi) is 10.2. The van der Waals surface area contributed by atoms with Gasteiger partial charge < -0.3 is 35.4 Å². The Labute approximate surface area is 196 Å². The van der Waals surface area contributed by atoms with Crippen molar-refractivity contribution in [2.24, 2.45) is 11.7 Å². The summed E-state index contributed by atoms with van der Waals surface area (Å²) in [5.74, 6) is -2.90. The van der Waals surface area contributed by atoms with E-state index in [2.05, 4.69) is 6.07 Å². The zero-order valence-corrected chi connectivity index (χ0v) is 19.2. The normalized spacial score (nSPS) is 25.5. The summed E-state index contributed by atoms with van der Waals surface area (Å²) in [6, 6.07) is 6.55. The van der Waals surface area contributed by atoms with Crippen molar-refractivity contribution in [2.75, 3.05) is 32.8 Å². The highest BCUT2D eigenvalue weighted by Crippen LogP contribution is 2.36. The molecule has 0 aromatic heterocycles. The number of rotatable bonds is 7. The molecule has 2 fully saturated rings. The molecule has 180 valence electrons. The van der Waals surface area contributed by atoms with E-state index in [1.807, 2.05) is 12.1 Å². The van der Waals surface area contributed by atoms with E-state index < -0.39 is 24.1 Å². The Morgan fingerprint density at radius 1 is 1.09 bits per heavy atom. The van der Waals surface area contributed by atoms with Crippen LogP contribution in [0, 0.1) is 5.92 Å². The van der Waals surface area contributed by atoms with Crippen LogP contribution in [0.25, 0.3) is 0 Å². The number of quaternary nitrogens is 1. The first-order chi connectivity index (χ1) is 15.1. The smallest absolute Gasteiger partial charge is 0.335 e. The van der Waals surface area contributed by atoms with Crippen LogP contribution in [0.3, 0.4) is 0 Å². The summed E-state index contributed by atoms with van der Waals surface area (Å²) in [6.45, 7) is 5.90. The lowest BCUT2D eigenvalue weighted by molar-refractivity contribution is -0.955. The third-order valence-corrected chi connectivity index (χ3v) is 6.80. The molecule has 0 radical (unpaired) electrons. The van der Waals surface area contributed by atoms with Crippen LogP contribution in [0.4, 0.5) is 0 Å². The second-order valence-corrected chi connectivity index (χ2v) is 9.16. The SMILES string of the molecule is NC[C@H]1CC[N+](Cc2ccc(Cl)cc2Cl)(C2CCOCC2)C1.O=C(O)C(O)C(O)C(=O)O. The molecule has 3 unspecified atom stereocenters. The van der Waals surface area contributed by atoms with E-state index in [-0.39, 0.29) is 0 Å². The number of likely N-dealkylation sites (tertiary alicyclic amines) is 1. The molecule has 0 bridgehead atoms. The topological polar surface area (TPSA) is 150 Å². The highest BCUT2D eigenvalue weighted by atomic mass is 35.5. The van der Waals surface area contributed by atoms with Crippen LogP contribution in [-0.4, -0.2) is 87.9 Å². The predicted octanol–water partition coefficient (Wildman–Crippen LogP) is 1.35. The van der Waals surface area contributed by atoms with Crippen molar-refractivity contribution < 1.29 is 39.2 Å². The van der Waals surface area contributed by atoms with E-state index in [1.165, 1.54) is 25.1 Å². The molecule has 2 aliphatic rings. The first-order valence-electron chi connectivity index (χ1n) is 10.5. The molecule has 6 N–H and O–H groups in total. The molecule has 9 nitrogen and oxygen atoms in total. The van der Waals surface area contributed by atoms with Crippen LogP contribution < -0.4 is 5.73 Å². The molecule has 1 aromatic rings. The molecule has 0 spiro atoms. The number of hydrogen-bond acceptors (Lipinski definition) is 6. The number of nitrogens with zero attached hydrogens (tertiary/aromatic N) is 1. The zero-order chi connectivity index (χ0) is 23.9. The average molecular weight is 494 g/mol. The third kappa shape index (κ3) is 7.02. The standard InChI is InChI=1S/C17H25Cl2N2O.C4H6O6/c18-15-2-1-14(17(19)9-15)12-21(6-3-13(10-20)11-21)16-4-7-22-8-5-16;5-1(3(7)8)2(6)4(9)10/h1-2,9,13,16H,3-8,10-12,20H2;1-2,5-6H,(H,7,8)(H,9,10)/q+1;/t13-,21?;/m1./s1. The van der Waals surface area contributed by atoms with Gasteiger partial charge in [-0.3, -0.25) is 0 Å². The van der Waals surface area contributed by atoms with Crippen molar-refractivity contribution in [2.45, 2.75) is 44.1 Å². The summed E-state index contributed by atoms with van der Waals surface area (Å²) in [7, 11) is 0. The van der Waals surface area contributed by atoms with E-state index in [9.17, 15) is 9.59 Å². The molecule has 2 aliphatic heterocycles. The maximum absolute atomic E-state index is 9.77. The van der Waals surface area contributed by atoms with Gasteiger partial charge in [-0.2, -0.15) is 0 Å². The van der Waals surface area contributed by atoms with Gasteiger partial charge in [-0.05, 0) is 12.1 Å². The van der Waals surface area contributed by atoms with Gasteiger partial charge in [0.1, 0.15) is 6.54 Å². The number of nitrogens with two attached hydrogens (primary N) is 1. The van der Waals surface area contributed by atoms with E-state index in [4.69, 9.17) is 54.1 Å². The Morgan fingerprint density at radius 2 is 1.69 bits per heavy atom. The quantitative estimate of drug-likeness (QED) is 0.357. The first-order valence-corrected chi connectivity index (χ1v) is 11.2. The molecule has 0 saturated carbocycles. The van der Waals surface area contributed by atoms with Crippen LogP contribution >= 0.6 is 23.2 Å². The fraction of sp³-hybridized carbons (Fsp3) is 0.619. The highest BCUT2D eigenvalue weighted by Gasteiger charge is 2.44. The van der Waals surface area contributed by atoms with Crippen LogP contribution in [0.5, 0.6) is 0 Å². The monoisotopic (exact) mass is 493 g/mol. The average Bonchev–Trinajstić information content (AvgIpc) is 3.20. The van der Waals surface area contributed by atoms with Gasteiger partial charge >= 0.3 is 11.9 Å². The van der Waals surface area contributed by atoms with Gasteiger partial charge in [0, 0.05) is 42.3 Å². The van der Waals surface area contributed by atoms with Crippen molar-refractivity contribution in [1.29, 1.82) is 0 Å². The highest BCUT2D eigenvalue weighted by molar-refractivity contribution is 6.35. The van der Waals surface area contributed by atoms with E-state index in [1.54, 1.807) is 0 Å². The van der Waals surface area contributed by atoms with E-state index in [0.717, 1.165) is 48.7 Å². The molecule has 0 aliphatic carbocycles. The summed E-state index contributed by atoms with van der Waals surface area (Å²) in [5.41, 5.74) is 7.15. The summed E-state index contributed by atoms with van der Waals surface area (Å²) in [5, 5.41) is 34.0. The fourth-order valence-electron chi connectivity index (χ4n) is 4.43. The molecule has 2 heterocycles. The second-order valence-electron chi connectivity index (χ2n) is 8.32. The van der Waals surface area contributed by atoms with E-state index >= 15 is 0 Å². The van der Waals surface area contributed by atoms with Crippen molar-refractivity contribution in [3.8, 4) is 0 Å². The Balaban J connectivity index is 0.000000309. The van der Waals surface area contributed by atoms with Gasteiger partial charge in [0.05, 0.1) is 37.4 Å². The van der Waals surface area contributed by atoms with Crippen molar-refractivity contribution in [3.05, 3.63) is 33.8 Å². The molecule has 0 amide bonds. The Hall–Kier alpha value is -1.46. The van der Waals surface area contributed by atoms with Gasteiger partial charge in [0.15, 0.2) is 12.2 Å². The number of hydrogen-bond donors (Lipinski definition) is 5. The van der Waals surface area contributed by atoms with Gasteiger partial charge in [0.2, 0.25) is 0 Å². The van der Waals surface area contributed by atoms with Gasteiger partial charge in [-0.15, -0.1) is 0 Å². The number of carboxylic acid groups (broad SMARTS) is 2. The van der Waals surface area contributed by atoms with Crippen molar-refractivity contribution in [3.63, 3.8) is 0 Å². The molecule has 2 saturated heterocycles. The number of carbonyl (C=O) groups is 2. The van der Waals surface area contributed by atoms with Crippen molar-refractivity contribution >= 4 is 35.1 Å². The molecular weight excluding hydrogens is 463 g/mol. The molecule has 4 atom stereocenters. The summed E-state index contributed by atoms with van der Waals surface area (Å²) < 4.78 is 6.69. The predicted molar refractivity (Wildman–Crippen MR) is 118 cm³/mol. The Bertz CT molecular complexity index is 773. The number of ether oxygens (including phenoxy) is 1. The minimum absolute atomic E-state index is 0.633. The second kappa shape index (κ2) is 12.1. The maximum Gasteiger partial charge on any atom is 0.335 e. The fourth-order valence-corrected chi connectivity index (χ4v) is 4.89. The lowest BCUT2D eigenvalue weighted by Crippen LogP contribution is -2.55. The van der Waals surface area contributed by atoms with Crippen LogP contribution in [-0.2, 0) is 20.9 Å². The lowest BCUT2D eigenvalue weighted by Gasteiger charge is -2.44. The number of benzene rings is 1. The molecule has 1 aromatic carbocycles. The number of aliphatic hydroxyl groups excluding tert-OH is 2. The van der Waals surface area contributed by atoms with E-state index in [0.29, 0.717) is 17.0 Å². The minimum Gasteiger partial charge on any atom is -0.479 e. The number of aliphatic hydroxyl groups is 2. The molecular formula is C21H31Cl2N2O7+. The lowest BCUT2D eigenvalue weighted by atomic mass is 10.0. The molecule has 11 heteroatoms. The first kappa shape index (κ1) is 26.8. The van der Waals surface area contributed by atoms with Crippen LogP contribution in [0.1, 0.15) is 24.8 Å². The zero-order valence-electron chi connectivity index (χ0n) is 17.7. The molecule has 3 rings (SSSR count). The van der Waals surface area contributed by atoms with Crippen molar-refractivity contribution in [1.82, 2.24) is 0 Å².